The van der Waals surface area contributed by atoms with E-state index in [2.05, 4.69) is 322 Å². The van der Waals surface area contributed by atoms with Crippen molar-refractivity contribution in [2.45, 2.75) is 0 Å². The normalized spacial score (nSPS) is 11.7. The summed E-state index contributed by atoms with van der Waals surface area (Å²) in [5, 5.41) is 13.2. The molecule has 3 aromatic heterocycles. The van der Waals surface area contributed by atoms with Crippen LogP contribution in [0.5, 0.6) is 0 Å². The zero-order chi connectivity index (χ0) is 53.4. The highest BCUT2D eigenvalue weighted by atomic mass is 32.1. The van der Waals surface area contributed by atoms with Gasteiger partial charge in [0.15, 0.2) is 0 Å². The first-order valence-electron chi connectivity index (χ1n) is 27.6. The molecule has 13 aromatic carbocycles. The zero-order valence-corrected chi connectivity index (χ0v) is 44.9. The number of para-hydroxylation sites is 4. The molecular formula is C76H50N4S. The van der Waals surface area contributed by atoms with Gasteiger partial charge in [-0.25, -0.2) is 0 Å². The first-order chi connectivity index (χ1) is 40.2. The third-order valence-corrected chi connectivity index (χ3v) is 17.3. The molecule has 0 aliphatic heterocycles. The monoisotopic (exact) mass is 1050 g/mol. The van der Waals surface area contributed by atoms with Gasteiger partial charge in [0.2, 0.25) is 0 Å². The van der Waals surface area contributed by atoms with E-state index in [1.807, 2.05) is 0 Å². The minimum atomic E-state index is 1.08. The van der Waals surface area contributed by atoms with Gasteiger partial charge < -0.3 is 18.9 Å². The molecule has 5 heteroatoms. The maximum Gasteiger partial charge on any atom is 0.0641 e. The Kier molecular flexibility index (Phi) is 11.0. The number of nitrogens with zero attached hydrogens (tertiary/aromatic N) is 4. The molecule has 0 amide bonds. The summed E-state index contributed by atoms with van der Waals surface area (Å²) in [5.41, 5.74) is 18.3. The van der Waals surface area contributed by atoms with Gasteiger partial charge in [-0.2, -0.15) is 0 Å². The van der Waals surface area contributed by atoms with Gasteiger partial charge in [-0.3, -0.25) is 0 Å². The van der Waals surface area contributed by atoms with Crippen molar-refractivity contribution in [3.05, 3.63) is 303 Å². The number of fused-ring (bicyclic) bond motifs is 9. The predicted octanol–water partition coefficient (Wildman–Crippen LogP) is 21.7. The summed E-state index contributed by atoms with van der Waals surface area (Å²) in [5.74, 6) is 0. The zero-order valence-electron chi connectivity index (χ0n) is 44.1. The maximum absolute atomic E-state index is 2.47. The standard InChI is InChI=1S/C76H50N4S/c1-3-21-55(22-4-1)79-70-31-13-11-27-65(70)68-49-59(41-43-73(68)79)77(57-37-33-53(34-38-57)63-29-15-19-51-17-7-9-25-61(51)63)72-45-46-75(76-67(72)47-48-81-76)78(58-39-35-54(36-40-58)64-30-16-20-52-18-8-10-26-62(52)64)60-42-44-74-69(50-60)66-28-12-14-32-71(66)80(74)56-23-5-2-6-24-56/h1-50H. The van der Waals surface area contributed by atoms with Crippen LogP contribution in [0.15, 0.2) is 303 Å². The van der Waals surface area contributed by atoms with Crippen molar-refractivity contribution in [1.82, 2.24) is 9.13 Å². The highest BCUT2D eigenvalue weighted by Crippen LogP contribution is 2.50. The summed E-state index contributed by atoms with van der Waals surface area (Å²) in [7, 11) is 0. The highest BCUT2D eigenvalue weighted by Gasteiger charge is 2.25. The van der Waals surface area contributed by atoms with E-state index in [4.69, 9.17) is 0 Å². The summed E-state index contributed by atoms with van der Waals surface area (Å²) in [4.78, 5) is 4.94. The average molecular weight is 1050 g/mol. The lowest BCUT2D eigenvalue weighted by Crippen LogP contribution is -2.13. The molecule has 0 N–H and O–H groups in total. The van der Waals surface area contributed by atoms with Crippen LogP contribution in [0.4, 0.5) is 34.1 Å². The van der Waals surface area contributed by atoms with Gasteiger partial charge in [-0.1, -0.05) is 182 Å². The number of rotatable bonds is 10. The minimum Gasteiger partial charge on any atom is -0.310 e. The van der Waals surface area contributed by atoms with Crippen LogP contribution in [0.3, 0.4) is 0 Å². The largest absolute Gasteiger partial charge is 0.310 e. The fourth-order valence-electron chi connectivity index (χ4n) is 12.7. The first-order valence-corrected chi connectivity index (χ1v) is 28.5. The van der Waals surface area contributed by atoms with Crippen LogP contribution in [-0.2, 0) is 0 Å². The third kappa shape index (κ3) is 7.73. The van der Waals surface area contributed by atoms with Crippen molar-refractivity contribution in [3.8, 4) is 33.6 Å². The quantitative estimate of drug-likeness (QED) is 0.136. The summed E-state index contributed by atoms with van der Waals surface area (Å²) >= 11 is 1.79. The highest BCUT2D eigenvalue weighted by molar-refractivity contribution is 7.18. The molecule has 0 saturated heterocycles. The Morgan fingerprint density at radius 1 is 0.259 bits per heavy atom. The number of anilines is 6. The molecule has 0 bridgehead atoms. The Morgan fingerprint density at radius 2 is 0.654 bits per heavy atom. The second-order valence-electron chi connectivity index (χ2n) is 20.9. The number of hydrogen-bond acceptors (Lipinski definition) is 3. The van der Waals surface area contributed by atoms with Crippen LogP contribution in [-0.4, -0.2) is 9.13 Å². The molecule has 3 heterocycles. The van der Waals surface area contributed by atoms with Crippen molar-refractivity contribution in [3.63, 3.8) is 0 Å². The number of hydrogen-bond donors (Lipinski definition) is 0. The van der Waals surface area contributed by atoms with Crippen LogP contribution >= 0.6 is 11.3 Å². The topological polar surface area (TPSA) is 16.3 Å². The number of thiophene rings is 1. The second kappa shape index (κ2) is 19.2. The summed E-state index contributed by atoms with van der Waals surface area (Å²) in [6.07, 6.45) is 0. The summed E-state index contributed by atoms with van der Waals surface area (Å²) in [6.45, 7) is 0. The average Bonchev–Trinajstić information content (AvgIpc) is 4.48. The van der Waals surface area contributed by atoms with E-state index in [1.54, 1.807) is 11.3 Å². The Bertz CT molecular complexity index is 4720. The third-order valence-electron chi connectivity index (χ3n) is 16.4. The van der Waals surface area contributed by atoms with Crippen molar-refractivity contribution >= 4 is 121 Å². The van der Waals surface area contributed by atoms with Crippen LogP contribution in [0.1, 0.15) is 0 Å². The van der Waals surface area contributed by atoms with Crippen molar-refractivity contribution in [2.75, 3.05) is 9.80 Å². The molecule has 16 aromatic rings. The molecule has 0 aliphatic rings. The Hall–Kier alpha value is -10.5. The van der Waals surface area contributed by atoms with Crippen LogP contribution in [0.2, 0.25) is 0 Å². The molecule has 16 rings (SSSR count). The first kappa shape index (κ1) is 46.6. The Labute approximate surface area is 473 Å². The van der Waals surface area contributed by atoms with Gasteiger partial charge in [-0.15, -0.1) is 11.3 Å². The SMILES string of the molecule is c1ccc(-n2c3ccccc3c3cc(N(c4ccc(-c5cccc6ccccc56)cc4)c4ccc(N(c5ccc(-c6cccc7ccccc67)cc5)c5ccc6c(c5)c5ccccc5n6-c5ccccc5)c5sccc45)ccc32)cc1. The second-order valence-corrected chi connectivity index (χ2v) is 21.8. The molecule has 0 unspecified atom stereocenters. The smallest absolute Gasteiger partial charge is 0.0641 e. The molecule has 0 atom stereocenters. The fraction of sp³-hybridized carbons (Fsp3) is 0. The lowest BCUT2D eigenvalue weighted by Gasteiger charge is -2.30. The fourth-order valence-corrected chi connectivity index (χ4v) is 13.6. The van der Waals surface area contributed by atoms with Crippen molar-refractivity contribution in [2.24, 2.45) is 0 Å². The van der Waals surface area contributed by atoms with Gasteiger partial charge in [0.25, 0.3) is 0 Å². The number of benzene rings is 13. The van der Waals surface area contributed by atoms with E-state index >= 15 is 0 Å². The van der Waals surface area contributed by atoms with E-state index in [0.29, 0.717) is 0 Å². The van der Waals surface area contributed by atoms with Crippen LogP contribution < -0.4 is 9.80 Å². The van der Waals surface area contributed by atoms with Crippen LogP contribution in [0, 0.1) is 0 Å². The van der Waals surface area contributed by atoms with Gasteiger partial charge in [0, 0.05) is 61.1 Å². The van der Waals surface area contributed by atoms with Crippen molar-refractivity contribution in [1.29, 1.82) is 0 Å². The lowest BCUT2D eigenvalue weighted by atomic mass is 9.98. The van der Waals surface area contributed by atoms with E-state index in [0.717, 1.165) is 45.5 Å². The van der Waals surface area contributed by atoms with E-state index < -0.39 is 0 Å². The number of aromatic nitrogens is 2. The minimum absolute atomic E-state index is 1.08. The van der Waals surface area contributed by atoms with Gasteiger partial charge in [0.05, 0.1) is 38.1 Å². The van der Waals surface area contributed by atoms with Crippen molar-refractivity contribution < 1.29 is 0 Å². The van der Waals surface area contributed by atoms with Crippen LogP contribution in [0.25, 0.3) is 109 Å². The van der Waals surface area contributed by atoms with E-state index in [9.17, 15) is 0 Å². The Balaban J connectivity index is 0.896. The van der Waals surface area contributed by atoms with E-state index in [-0.39, 0.29) is 0 Å². The molecule has 81 heavy (non-hydrogen) atoms. The molecule has 0 saturated carbocycles. The molecule has 0 aliphatic carbocycles. The predicted molar refractivity (Wildman–Crippen MR) is 346 cm³/mol. The van der Waals surface area contributed by atoms with Gasteiger partial charge in [0.1, 0.15) is 0 Å². The van der Waals surface area contributed by atoms with Gasteiger partial charge in [-0.05, 0) is 164 Å². The maximum atomic E-state index is 2.47. The molecule has 380 valence electrons. The molecule has 4 nitrogen and oxygen atoms in total. The van der Waals surface area contributed by atoms with Gasteiger partial charge >= 0.3 is 0 Å². The van der Waals surface area contributed by atoms with E-state index in [1.165, 1.54) is 97.5 Å². The molecule has 0 radical (unpaired) electrons. The molecular weight excluding hydrogens is 1000 g/mol. The Morgan fingerprint density at radius 3 is 1.16 bits per heavy atom. The molecule has 0 spiro atoms. The summed E-state index contributed by atoms with van der Waals surface area (Å²) in [6, 6.07) is 109. The lowest BCUT2D eigenvalue weighted by molar-refractivity contribution is 1.18. The molecule has 0 fully saturated rings. The summed E-state index contributed by atoms with van der Waals surface area (Å²) < 4.78 is 5.98.